The topological polar surface area (TPSA) is 139 Å². The molecule has 3 aliphatic heterocycles. The van der Waals surface area contributed by atoms with Gasteiger partial charge in [-0.15, -0.1) is 13.2 Å². The molecule has 2 fully saturated rings. The quantitative estimate of drug-likeness (QED) is 0.439. The molecule has 0 aliphatic carbocycles. The van der Waals surface area contributed by atoms with Crippen LogP contribution in [0.5, 0.6) is 0 Å². The highest BCUT2D eigenvalue weighted by Gasteiger charge is 2.38. The highest BCUT2D eigenvalue weighted by molar-refractivity contribution is 6.37. The van der Waals surface area contributed by atoms with E-state index in [-0.39, 0.29) is 30.6 Å². The highest BCUT2D eigenvalue weighted by Crippen LogP contribution is 2.35. The summed E-state index contributed by atoms with van der Waals surface area (Å²) >= 11 is 6.78. The van der Waals surface area contributed by atoms with Gasteiger partial charge in [-0.1, -0.05) is 35.0 Å². The number of carbonyl (C=O) groups is 2. The number of carbonyl (C=O) groups excluding carboxylic acids is 2. The molecule has 1 aromatic carbocycles. The van der Waals surface area contributed by atoms with Crippen molar-refractivity contribution < 1.29 is 18.8 Å². The second-order valence-electron chi connectivity index (χ2n) is 10.8. The fourth-order valence-corrected chi connectivity index (χ4v) is 6.03. The van der Waals surface area contributed by atoms with Gasteiger partial charge in [0.25, 0.3) is 5.91 Å². The van der Waals surface area contributed by atoms with Crippen LogP contribution in [0.2, 0.25) is 5.02 Å². The SMILES string of the molecule is C/C=C1/C=C(c2ccc(-c3noc(C)n3)cc2Cl)C(=O)N(C2CCN(C(=O)CN)CC2)/C1=N/C(C)NC1CCOCC1.C=C. The Morgan fingerprint density at radius 2 is 1.95 bits per heavy atom. The van der Waals surface area contributed by atoms with Crippen LogP contribution in [0.25, 0.3) is 17.0 Å². The Balaban J connectivity index is 0.00000216. The van der Waals surface area contributed by atoms with Gasteiger partial charge in [-0.05, 0) is 51.7 Å². The summed E-state index contributed by atoms with van der Waals surface area (Å²) in [5, 5.41) is 7.98. The van der Waals surface area contributed by atoms with Crippen LogP contribution in [0.3, 0.4) is 0 Å². The summed E-state index contributed by atoms with van der Waals surface area (Å²) in [5.41, 5.74) is 8.22. The lowest BCUT2D eigenvalue weighted by molar-refractivity contribution is -0.131. The van der Waals surface area contributed by atoms with Crippen molar-refractivity contribution >= 4 is 34.8 Å². The number of aromatic nitrogens is 2. The van der Waals surface area contributed by atoms with E-state index < -0.39 is 0 Å². The maximum atomic E-state index is 14.4. The van der Waals surface area contributed by atoms with E-state index in [2.05, 4.69) is 28.6 Å². The van der Waals surface area contributed by atoms with Gasteiger partial charge < -0.3 is 19.9 Å². The lowest BCUT2D eigenvalue weighted by Crippen LogP contribution is -2.54. The van der Waals surface area contributed by atoms with Gasteiger partial charge in [0.15, 0.2) is 0 Å². The first-order valence-corrected chi connectivity index (χ1v) is 15.4. The van der Waals surface area contributed by atoms with E-state index in [4.69, 9.17) is 31.6 Å². The molecule has 2 aromatic rings. The monoisotopic (exact) mass is 623 g/mol. The average molecular weight is 624 g/mol. The summed E-state index contributed by atoms with van der Waals surface area (Å²) in [7, 11) is 0. The molecule has 236 valence electrons. The van der Waals surface area contributed by atoms with Crippen LogP contribution in [0.15, 0.2) is 58.6 Å². The fourth-order valence-electron chi connectivity index (χ4n) is 5.75. The molecule has 0 bridgehead atoms. The predicted octanol–water partition coefficient (Wildman–Crippen LogP) is 4.14. The number of halogens is 1. The molecule has 3 N–H and O–H groups in total. The zero-order valence-electron chi connectivity index (χ0n) is 25.7. The number of likely N-dealkylation sites (tertiary alicyclic amines) is 1. The Bertz CT molecular complexity index is 1420. The summed E-state index contributed by atoms with van der Waals surface area (Å²) in [6.07, 6.45) is 6.69. The zero-order chi connectivity index (χ0) is 31.8. The number of hydrogen-bond donors (Lipinski definition) is 2. The van der Waals surface area contributed by atoms with Crippen molar-refractivity contribution in [2.75, 3.05) is 32.8 Å². The van der Waals surface area contributed by atoms with Gasteiger partial charge in [-0.25, -0.2) is 4.99 Å². The highest BCUT2D eigenvalue weighted by atomic mass is 35.5. The molecule has 12 heteroatoms. The van der Waals surface area contributed by atoms with Gasteiger partial charge in [-0.3, -0.25) is 19.8 Å². The van der Waals surface area contributed by atoms with Crippen LogP contribution >= 0.6 is 11.6 Å². The van der Waals surface area contributed by atoms with Gasteiger partial charge in [0, 0.05) is 72.6 Å². The Hall–Kier alpha value is -3.64. The van der Waals surface area contributed by atoms with Gasteiger partial charge in [0.2, 0.25) is 17.6 Å². The second kappa shape index (κ2) is 15.4. The first-order valence-electron chi connectivity index (χ1n) is 15.0. The molecule has 0 radical (unpaired) electrons. The first kappa shape index (κ1) is 33.3. The molecule has 1 unspecified atom stereocenters. The molecule has 4 heterocycles. The predicted molar refractivity (Wildman–Crippen MR) is 172 cm³/mol. The molecule has 11 nitrogen and oxygen atoms in total. The van der Waals surface area contributed by atoms with Crippen LogP contribution in [0, 0.1) is 6.92 Å². The van der Waals surface area contributed by atoms with Crippen LogP contribution in [0.4, 0.5) is 0 Å². The second-order valence-corrected chi connectivity index (χ2v) is 11.2. The maximum absolute atomic E-state index is 14.4. The van der Waals surface area contributed by atoms with Crippen molar-refractivity contribution in [3.05, 3.63) is 65.6 Å². The number of nitrogens with one attached hydrogen (secondary N) is 1. The summed E-state index contributed by atoms with van der Waals surface area (Å²) in [6, 6.07) is 5.55. The van der Waals surface area contributed by atoms with E-state index >= 15 is 0 Å². The molecule has 3 aliphatic rings. The number of piperidine rings is 1. The fraction of sp³-hybridized carbons (Fsp3) is 0.469. The van der Waals surface area contributed by atoms with Gasteiger partial charge in [-0.2, -0.15) is 4.98 Å². The molecule has 0 spiro atoms. The Morgan fingerprint density at radius 1 is 1.25 bits per heavy atom. The summed E-state index contributed by atoms with van der Waals surface area (Å²) in [5.74, 6) is 1.25. The molecule has 2 amide bonds. The molecule has 1 aromatic heterocycles. The number of nitrogens with zero attached hydrogens (tertiary/aromatic N) is 5. The molecular weight excluding hydrogens is 582 g/mol. The number of hydrogen-bond acceptors (Lipinski definition) is 9. The van der Waals surface area contributed by atoms with E-state index in [1.165, 1.54) is 0 Å². The number of allylic oxidation sites excluding steroid dienone is 1. The Morgan fingerprint density at radius 3 is 2.55 bits per heavy atom. The summed E-state index contributed by atoms with van der Waals surface area (Å²) in [6.45, 7) is 14.1. The molecule has 1 atom stereocenters. The van der Waals surface area contributed by atoms with E-state index in [9.17, 15) is 9.59 Å². The van der Waals surface area contributed by atoms with Gasteiger partial charge in [0.1, 0.15) is 5.84 Å². The Kier molecular flexibility index (Phi) is 11.6. The number of benzene rings is 1. The van der Waals surface area contributed by atoms with Crippen LogP contribution < -0.4 is 11.1 Å². The lowest BCUT2D eigenvalue weighted by Gasteiger charge is -2.41. The molecule has 44 heavy (non-hydrogen) atoms. The largest absolute Gasteiger partial charge is 0.381 e. The van der Waals surface area contributed by atoms with Crippen molar-refractivity contribution in [3.8, 4) is 11.4 Å². The third-order valence-corrected chi connectivity index (χ3v) is 8.28. The third-order valence-electron chi connectivity index (χ3n) is 7.96. The number of aliphatic imine (C=N–C) groups is 1. The van der Waals surface area contributed by atoms with Crippen molar-refractivity contribution in [2.24, 2.45) is 10.7 Å². The summed E-state index contributed by atoms with van der Waals surface area (Å²) < 4.78 is 10.6. The van der Waals surface area contributed by atoms with E-state index in [1.807, 2.05) is 43.0 Å². The van der Waals surface area contributed by atoms with E-state index in [0.717, 1.165) is 31.6 Å². The van der Waals surface area contributed by atoms with Crippen LogP contribution in [-0.4, -0.2) is 88.7 Å². The minimum absolute atomic E-state index is 0.0249. The van der Waals surface area contributed by atoms with Crippen LogP contribution in [0.1, 0.15) is 51.0 Å². The maximum Gasteiger partial charge on any atom is 0.260 e. The van der Waals surface area contributed by atoms with E-state index in [0.29, 0.717) is 71.2 Å². The van der Waals surface area contributed by atoms with Crippen LogP contribution in [-0.2, 0) is 14.3 Å². The zero-order valence-corrected chi connectivity index (χ0v) is 26.5. The first-order chi connectivity index (χ1) is 21.3. The minimum Gasteiger partial charge on any atom is -0.381 e. The van der Waals surface area contributed by atoms with Crippen molar-refractivity contribution in [1.29, 1.82) is 0 Å². The number of amidine groups is 1. The molecular formula is C32H42ClN7O4. The van der Waals surface area contributed by atoms with Crippen molar-refractivity contribution in [3.63, 3.8) is 0 Å². The summed E-state index contributed by atoms with van der Waals surface area (Å²) in [4.78, 5) is 39.5. The van der Waals surface area contributed by atoms with E-state index in [1.54, 1.807) is 17.9 Å². The number of rotatable bonds is 7. The minimum atomic E-state index is -0.219. The lowest BCUT2D eigenvalue weighted by atomic mass is 9.92. The number of nitrogens with two attached hydrogens (primary N) is 1. The number of amides is 2. The normalized spacial score (nSPS) is 20.8. The number of ether oxygens (including phenoxy) is 1. The molecule has 2 saturated heterocycles. The van der Waals surface area contributed by atoms with Crippen molar-refractivity contribution in [2.45, 2.75) is 64.7 Å². The molecule has 5 rings (SSSR count). The molecule has 0 saturated carbocycles. The average Bonchev–Trinajstić information content (AvgIpc) is 3.49. The van der Waals surface area contributed by atoms with Gasteiger partial charge >= 0.3 is 0 Å². The van der Waals surface area contributed by atoms with Gasteiger partial charge in [0.05, 0.1) is 12.7 Å². The smallest absolute Gasteiger partial charge is 0.260 e. The standard InChI is InChI=1S/C30H38ClN7O4.C2H4/c1-4-20-15-25(24-6-5-21(16-26(24)31)28-35-19(3)42-36-28)30(40)38(23-7-11-37(12-8-23)27(39)17-32)29(20)34-18(2)33-22-9-13-41-14-10-22;1-2/h4-6,15-16,18,22-23,33H,7-14,17,32H2,1-3H3;1-2H2/b20-4-,34-29+;. The Labute approximate surface area is 263 Å². The van der Waals surface area contributed by atoms with Crippen molar-refractivity contribution in [1.82, 2.24) is 25.3 Å². The third kappa shape index (κ3) is 7.52. The number of aryl methyl sites for hydroxylation is 1.